The standard InChI is InChI=1S/C22H21N3O4/c26-20(23-15-6-2-1-3-7-15)14-29-21(27)13-12-19-24-18-9-5-4-8-17(18)22(28)25(19)16-10-11-16/h1-9,16H,10-14H2,(H,23,26). The third-order valence-electron chi connectivity index (χ3n) is 4.77. The minimum Gasteiger partial charge on any atom is -0.456 e. The average molecular weight is 391 g/mol. The summed E-state index contributed by atoms with van der Waals surface area (Å²) in [5, 5.41) is 3.24. The number of esters is 1. The molecule has 1 saturated carbocycles. The van der Waals surface area contributed by atoms with Crippen LogP contribution in [0.1, 0.15) is 31.1 Å². The number of anilines is 1. The van der Waals surface area contributed by atoms with Crippen LogP contribution in [0.2, 0.25) is 0 Å². The van der Waals surface area contributed by atoms with Crippen LogP contribution in [0.3, 0.4) is 0 Å². The fourth-order valence-electron chi connectivity index (χ4n) is 3.23. The largest absolute Gasteiger partial charge is 0.456 e. The molecule has 0 radical (unpaired) electrons. The number of amides is 1. The van der Waals surface area contributed by atoms with Crippen molar-refractivity contribution >= 4 is 28.5 Å². The first-order chi connectivity index (χ1) is 14.1. The summed E-state index contributed by atoms with van der Waals surface area (Å²) in [7, 11) is 0. The van der Waals surface area contributed by atoms with Crippen molar-refractivity contribution in [2.24, 2.45) is 0 Å². The Hall–Kier alpha value is -3.48. The van der Waals surface area contributed by atoms with Crippen molar-refractivity contribution in [2.45, 2.75) is 31.7 Å². The number of nitrogens with zero attached hydrogens (tertiary/aromatic N) is 2. The van der Waals surface area contributed by atoms with E-state index in [9.17, 15) is 14.4 Å². The van der Waals surface area contributed by atoms with Crippen LogP contribution in [0.4, 0.5) is 5.69 Å². The van der Waals surface area contributed by atoms with Gasteiger partial charge in [0.15, 0.2) is 6.61 Å². The van der Waals surface area contributed by atoms with Crippen molar-refractivity contribution in [1.82, 2.24) is 9.55 Å². The fourth-order valence-corrected chi connectivity index (χ4v) is 3.23. The molecule has 0 unspecified atom stereocenters. The van der Waals surface area contributed by atoms with Gasteiger partial charge in [-0.1, -0.05) is 30.3 Å². The van der Waals surface area contributed by atoms with E-state index in [0.717, 1.165) is 12.8 Å². The molecule has 1 aliphatic rings. The smallest absolute Gasteiger partial charge is 0.306 e. The summed E-state index contributed by atoms with van der Waals surface area (Å²) in [5.74, 6) is -0.317. The number of para-hydroxylation sites is 2. The normalized spacial score (nSPS) is 13.2. The minimum atomic E-state index is -0.502. The Kier molecular flexibility index (Phi) is 5.37. The summed E-state index contributed by atoms with van der Waals surface area (Å²) in [6, 6.07) is 16.3. The van der Waals surface area contributed by atoms with Crippen LogP contribution in [-0.4, -0.2) is 28.0 Å². The molecule has 2 aromatic carbocycles. The summed E-state index contributed by atoms with van der Waals surface area (Å²) in [6.45, 7) is -0.353. The van der Waals surface area contributed by atoms with Gasteiger partial charge < -0.3 is 10.1 Å². The number of fused-ring (bicyclic) bond motifs is 1. The number of carbonyl (C=O) groups excluding carboxylic acids is 2. The zero-order valence-electron chi connectivity index (χ0n) is 15.8. The molecule has 0 atom stereocenters. The van der Waals surface area contributed by atoms with Gasteiger partial charge in [0.25, 0.3) is 11.5 Å². The molecule has 3 aromatic rings. The molecule has 1 N–H and O–H groups in total. The first-order valence-electron chi connectivity index (χ1n) is 9.62. The predicted octanol–water partition coefficient (Wildman–Crippen LogP) is 2.85. The number of benzene rings is 2. The highest BCUT2D eigenvalue weighted by molar-refractivity contribution is 5.92. The van der Waals surface area contributed by atoms with E-state index >= 15 is 0 Å². The lowest BCUT2D eigenvalue weighted by atomic mass is 10.2. The van der Waals surface area contributed by atoms with Gasteiger partial charge in [-0.05, 0) is 37.1 Å². The Bertz CT molecular complexity index is 1100. The molecule has 7 heteroatoms. The SMILES string of the molecule is O=C(COC(=O)CCc1nc2ccccc2c(=O)n1C1CC1)Nc1ccccc1. The van der Waals surface area contributed by atoms with Gasteiger partial charge in [-0.25, -0.2) is 4.98 Å². The van der Waals surface area contributed by atoms with Crippen LogP contribution < -0.4 is 10.9 Å². The van der Waals surface area contributed by atoms with Gasteiger partial charge in [0.2, 0.25) is 0 Å². The highest BCUT2D eigenvalue weighted by atomic mass is 16.5. The van der Waals surface area contributed by atoms with Gasteiger partial charge in [-0.15, -0.1) is 0 Å². The van der Waals surface area contributed by atoms with Gasteiger partial charge in [-0.3, -0.25) is 19.0 Å². The Morgan fingerprint density at radius 1 is 1.07 bits per heavy atom. The molecule has 148 valence electrons. The van der Waals surface area contributed by atoms with E-state index in [-0.39, 0.29) is 31.0 Å². The van der Waals surface area contributed by atoms with E-state index in [0.29, 0.717) is 22.4 Å². The first-order valence-corrected chi connectivity index (χ1v) is 9.62. The van der Waals surface area contributed by atoms with Gasteiger partial charge >= 0.3 is 5.97 Å². The van der Waals surface area contributed by atoms with Gasteiger partial charge in [-0.2, -0.15) is 0 Å². The zero-order valence-corrected chi connectivity index (χ0v) is 15.8. The van der Waals surface area contributed by atoms with Crippen molar-refractivity contribution in [3.05, 3.63) is 70.8 Å². The molecule has 1 fully saturated rings. The molecule has 1 amide bonds. The second-order valence-electron chi connectivity index (χ2n) is 7.03. The van der Waals surface area contributed by atoms with E-state index in [2.05, 4.69) is 10.3 Å². The molecule has 29 heavy (non-hydrogen) atoms. The summed E-state index contributed by atoms with van der Waals surface area (Å²) >= 11 is 0. The van der Waals surface area contributed by atoms with E-state index in [1.165, 1.54) is 0 Å². The van der Waals surface area contributed by atoms with E-state index < -0.39 is 11.9 Å². The summed E-state index contributed by atoms with van der Waals surface area (Å²) < 4.78 is 6.77. The van der Waals surface area contributed by atoms with E-state index in [1.54, 1.807) is 41.0 Å². The van der Waals surface area contributed by atoms with Crippen molar-refractivity contribution < 1.29 is 14.3 Å². The van der Waals surface area contributed by atoms with Gasteiger partial charge in [0.1, 0.15) is 5.82 Å². The lowest BCUT2D eigenvalue weighted by molar-refractivity contribution is -0.147. The first kappa shape index (κ1) is 18.9. The topological polar surface area (TPSA) is 90.3 Å². The second kappa shape index (κ2) is 8.26. The van der Waals surface area contributed by atoms with E-state index in [4.69, 9.17) is 4.74 Å². The lowest BCUT2D eigenvalue weighted by Gasteiger charge is -2.12. The molecule has 0 aliphatic heterocycles. The molecule has 1 heterocycles. The summed E-state index contributed by atoms with van der Waals surface area (Å²) in [5.41, 5.74) is 1.20. The van der Waals surface area contributed by atoms with Crippen molar-refractivity contribution in [3.8, 4) is 0 Å². The second-order valence-corrected chi connectivity index (χ2v) is 7.03. The quantitative estimate of drug-likeness (QED) is 0.626. The molecule has 0 bridgehead atoms. The highest BCUT2D eigenvalue weighted by Crippen LogP contribution is 2.34. The maximum Gasteiger partial charge on any atom is 0.306 e. The number of nitrogens with one attached hydrogen (secondary N) is 1. The van der Waals surface area contributed by atoms with Crippen molar-refractivity contribution in [3.63, 3.8) is 0 Å². The Labute approximate surface area is 167 Å². The molecular formula is C22H21N3O4. The Morgan fingerprint density at radius 2 is 1.79 bits per heavy atom. The number of hydrogen-bond donors (Lipinski definition) is 1. The highest BCUT2D eigenvalue weighted by Gasteiger charge is 2.28. The lowest BCUT2D eigenvalue weighted by Crippen LogP contribution is -2.25. The number of ether oxygens (including phenoxy) is 1. The third-order valence-corrected chi connectivity index (χ3v) is 4.77. The van der Waals surface area contributed by atoms with Crippen LogP contribution in [-0.2, 0) is 20.7 Å². The third kappa shape index (κ3) is 4.51. The number of carbonyl (C=O) groups is 2. The summed E-state index contributed by atoms with van der Waals surface area (Å²) in [4.78, 5) is 41.4. The van der Waals surface area contributed by atoms with Crippen LogP contribution in [0, 0.1) is 0 Å². The van der Waals surface area contributed by atoms with Crippen LogP contribution in [0.25, 0.3) is 10.9 Å². The number of rotatable bonds is 7. The minimum absolute atomic E-state index is 0.0517. The fraction of sp³-hybridized carbons (Fsp3) is 0.273. The molecular weight excluding hydrogens is 370 g/mol. The monoisotopic (exact) mass is 391 g/mol. The maximum atomic E-state index is 12.8. The molecule has 1 aliphatic carbocycles. The Balaban J connectivity index is 1.38. The molecule has 0 saturated heterocycles. The number of aromatic nitrogens is 2. The Morgan fingerprint density at radius 3 is 2.55 bits per heavy atom. The van der Waals surface area contributed by atoms with Gasteiger partial charge in [0.05, 0.1) is 17.3 Å². The number of aryl methyl sites for hydroxylation is 1. The zero-order chi connectivity index (χ0) is 20.2. The predicted molar refractivity (Wildman–Crippen MR) is 109 cm³/mol. The van der Waals surface area contributed by atoms with Crippen molar-refractivity contribution in [2.75, 3.05) is 11.9 Å². The van der Waals surface area contributed by atoms with Crippen LogP contribution in [0.15, 0.2) is 59.4 Å². The maximum absolute atomic E-state index is 12.8. The molecule has 0 spiro atoms. The molecule has 4 rings (SSSR count). The summed E-state index contributed by atoms with van der Waals surface area (Å²) in [6.07, 6.45) is 2.22. The van der Waals surface area contributed by atoms with Crippen molar-refractivity contribution in [1.29, 1.82) is 0 Å². The van der Waals surface area contributed by atoms with Crippen LogP contribution in [0.5, 0.6) is 0 Å². The van der Waals surface area contributed by atoms with Crippen LogP contribution >= 0.6 is 0 Å². The average Bonchev–Trinajstić information content (AvgIpc) is 3.56. The van der Waals surface area contributed by atoms with E-state index in [1.807, 2.05) is 18.2 Å². The molecule has 1 aromatic heterocycles. The molecule has 7 nitrogen and oxygen atoms in total. The van der Waals surface area contributed by atoms with Gasteiger partial charge in [0, 0.05) is 18.2 Å². The number of hydrogen-bond acceptors (Lipinski definition) is 5.